The third kappa shape index (κ3) is 2.03. The molecule has 0 amide bonds. The summed E-state index contributed by atoms with van der Waals surface area (Å²) in [5.74, 6) is -0.0631. The van der Waals surface area contributed by atoms with E-state index < -0.39 is 0 Å². The fraction of sp³-hybridized carbons (Fsp3) is 0.263. The SMILES string of the molecule is O=C1c2ccc(N3CCCCC3)cc2-n2c1nc1ncccc1c2=O. The van der Waals surface area contributed by atoms with Crippen molar-refractivity contribution in [3.63, 3.8) is 0 Å². The second kappa shape index (κ2) is 5.24. The molecule has 25 heavy (non-hydrogen) atoms. The molecule has 0 saturated carbocycles. The number of ketones is 1. The lowest BCUT2D eigenvalue weighted by atomic mass is 10.1. The number of carbonyl (C=O) groups is 1. The molecule has 2 aliphatic rings. The van der Waals surface area contributed by atoms with Crippen molar-refractivity contribution in [2.24, 2.45) is 0 Å². The number of piperidine rings is 1. The summed E-state index contributed by atoms with van der Waals surface area (Å²) in [5, 5.41) is 0.426. The minimum absolute atomic E-state index is 0.155. The molecule has 0 bridgehead atoms. The van der Waals surface area contributed by atoms with Crippen molar-refractivity contribution in [1.82, 2.24) is 14.5 Å². The smallest absolute Gasteiger partial charge is 0.267 e. The first kappa shape index (κ1) is 14.3. The van der Waals surface area contributed by atoms with Crippen LogP contribution in [0.2, 0.25) is 0 Å². The Morgan fingerprint density at radius 1 is 1.00 bits per heavy atom. The molecule has 0 unspecified atom stereocenters. The van der Waals surface area contributed by atoms with E-state index in [2.05, 4.69) is 14.9 Å². The molecule has 4 heterocycles. The van der Waals surface area contributed by atoms with Crippen LogP contribution in [-0.4, -0.2) is 33.4 Å². The standard InChI is InChI=1S/C19H16N4O2/c24-16-13-7-6-12(22-9-2-1-3-10-22)11-15(13)23-18(16)21-17-14(19(23)25)5-4-8-20-17/h4-8,11H,1-3,9-10H2. The molecular weight excluding hydrogens is 316 g/mol. The zero-order chi connectivity index (χ0) is 17.0. The van der Waals surface area contributed by atoms with Crippen LogP contribution in [0.1, 0.15) is 35.4 Å². The molecule has 1 aromatic carbocycles. The zero-order valence-electron chi connectivity index (χ0n) is 13.6. The summed E-state index contributed by atoms with van der Waals surface area (Å²) in [6.07, 6.45) is 5.17. The van der Waals surface area contributed by atoms with Gasteiger partial charge < -0.3 is 4.90 Å². The zero-order valence-corrected chi connectivity index (χ0v) is 13.6. The van der Waals surface area contributed by atoms with E-state index in [1.165, 1.54) is 23.8 Å². The Morgan fingerprint density at radius 2 is 1.84 bits per heavy atom. The first-order valence-electron chi connectivity index (χ1n) is 8.56. The van der Waals surface area contributed by atoms with Gasteiger partial charge in [-0.15, -0.1) is 0 Å². The van der Waals surface area contributed by atoms with E-state index in [-0.39, 0.29) is 17.2 Å². The van der Waals surface area contributed by atoms with E-state index in [1.54, 1.807) is 18.3 Å². The summed E-state index contributed by atoms with van der Waals surface area (Å²) in [7, 11) is 0. The van der Waals surface area contributed by atoms with E-state index in [9.17, 15) is 9.59 Å². The van der Waals surface area contributed by atoms with Crippen LogP contribution in [0.15, 0.2) is 41.3 Å². The molecule has 6 heteroatoms. The third-order valence-corrected chi connectivity index (χ3v) is 5.03. The van der Waals surface area contributed by atoms with Gasteiger partial charge in [0.15, 0.2) is 11.5 Å². The number of nitrogens with zero attached hydrogens (tertiary/aromatic N) is 4. The van der Waals surface area contributed by atoms with Gasteiger partial charge in [0.2, 0.25) is 5.78 Å². The summed E-state index contributed by atoms with van der Waals surface area (Å²) >= 11 is 0. The lowest BCUT2D eigenvalue weighted by molar-refractivity contribution is 0.103. The number of fused-ring (bicyclic) bond motifs is 4. The highest BCUT2D eigenvalue weighted by molar-refractivity contribution is 6.13. The normalized spacial score (nSPS) is 16.2. The Balaban J connectivity index is 1.74. The average molecular weight is 332 g/mol. The van der Waals surface area contributed by atoms with Gasteiger partial charge in [-0.3, -0.25) is 14.2 Å². The Bertz CT molecular complexity index is 1080. The van der Waals surface area contributed by atoms with Gasteiger partial charge in [-0.05, 0) is 49.6 Å². The molecule has 0 N–H and O–H groups in total. The fourth-order valence-electron chi connectivity index (χ4n) is 3.76. The Labute approximate surface area is 143 Å². The van der Waals surface area contributed by atoms with E-state index in [0.717, 1.165) is 18.8 Å². The number of rotatable bonds is 1. The minimum Gasteiger partial charge on any atom is -0.371 e. The highest BCUT2D eigenvalue weighted by Crippen LogP contribution is 2.30. The van der Waals surface area contributed by atoms with Crippen LogP contribution in [0.3, 0.4) is 0 Å². The lowest BCUT2D eigenvalue weighted by Gasteiger charge is -2.29. The fourth-order valence-corrected chi connectivity index (χ4v) is 3.76. The molecular formula is C19H16N4O2. The van der Waals surface area contributed by atoms with Gasteiger partial charge in [0, 0.05) is 25.0 Å². The van der Waals surface area contributed by atoms with Gasteiger partial charge in [0.1, 0.15) is 0 Å². The first-order chi connectivity index (χ1) is 12.2. The third-order valence-electron chi connectivity index (χ3n) is 5.03. The van der Waals surface area contributed by atoms with Crippen LogP contribution >= 0.6 is 0 Å². The minimum atomic E-state index is -0.240. The molecule has 0 spiro atoms. The van der Waals surface area contributed by atoms with Crippen LogP contribution in [0, 0.1) is 0 Å². The molecule has 5 rings (SSSR count). The van der Waals surface area contributed by atoms with Crippen molar-refractivity contribution in [2.45, 2.75) is 19.3 Å². The van der Waals surface area contributed by atoms with Crippen LogP contribution < -0.4 is 10.5 Å². The highest BCUT2D eigenvalue weighted by Gasteiger charge is 2.31. The number of aromatic nitrogens is 3. The van der Waals surface area contributed by atoms with Crippen molar-refractivity contribution >= 4 is 22.5 Å². The van der Waals surface area contributed by atoms with E-state index in [4.69, 9.17) is 0 Å². The molecule has 0 atom stereocenters. The first-order valence-corrected chi connectivity index (χ1v) is 8.56. The molecule has 1 fully saturated rings. The Kier molecular flexibility index (Phi) is 3.00. The highest BCUT2D eigenvalue weighted by atomic mass is 16.1. The number of benzene rings is 1. The quantitative estimate of drug-likeness (QED) is 0.535. The molecule has 0 aliphatic carbocycles. The van der Waals surface area contributed by atoms with Crippen molar-refractivity contribution < 1.29 is 4.79 Å². The topological polar surface area (TPSA) is 68.1 Å². The van der Waals surface area contributed by atoms with Gasteiger partial charge in [0.05, 0.1) is 16.6 Å². The van der Waals surface area contributed by atoms with Gasteiger partial charge in [-0.2, -0.15) is 0 Å². The summed E-state index contributed by atoms with van der Waals surface area (Å²) in [4.78, 5) is 36.4. The molecule has 3 aromatic rings. The molecule has 1 saturated heterocycles. The maximum absolute atomic E-state index is 12.9. The number of anilines is 1. The van der Waals surface area contributed by atoms with Gasteiger partial charge in [-0.25, -0.2) is 9.97 Å². The van der Waals surface area contributed by atoms with E-state index in [0.29, 0.717) is 22.3 Å². The van der Waals surface area contributed by atoms with Crippen molar-refractivity contribution in [3.05, 3.63) is 58.3 Å². The number of hydrogen-bond acceptors (Lipinski definition) is 5. The predicted molar refractivity (Wildman–Crippen MR) is 94.6 cm³/mol. The number of hydrogen-bond donors (Lipinski definition) is 0. The van der Waals surface area contributed by atoms with Gasteiger partial charge in [-0.1, -0.05) is 0 Å². The molecule has 2 aliphatic heterocycles. The maximum atomic E-state index is 12.9. The second-order valence-electron chi connectivity index (χ2n) is 6.53. The molecule has 124 valence electrons. The van der Waals surface area contributed by atoms with Crippen molar-refractivity contribution in [3.8, 4) is 5.69 Å². The second-order valence-corrected chi connectivity index (χ2v) is 6.53. The number of pyridine rings is 1. The van der Waals surface area contributed by atoms with Gasteiger partial charge in [0.25, 0.3) is 5.56 Å². The van der Waals surface area contributed by atoms with E-state index in [1.807, 2.05) is 18.2 Å². The average Bonchev–Trinajstić information content (AvgIpc) is 2.95. The monoisotopic (exact) mass is 332 g/mol. The van der Waals surface area contributed by atoms with Crippen molar-refractivity contribution in [1.29, 1.82) is 0 Å². The largest absolute Gasteiger partial charge is 0.371 e. The predicted octanol–water partition coefficient (Wildman–Crippen LogP) is 2.32. The Morgan fingerprint density at radius 3 is 2.68 bits per heavy atom. The summed E-state index contributed by atoms with van der Waals surface area (Å²) < 4.78 is 1.44. The summed E-state index contributed by atoms with van der Waals surface area (Å²) in [6.45, 7) is 2.02. The molecule has 0 radical (unpaired) electrons. The van der Waals surface area contributed by atoms with Gasteiger partial charge >= 0.3 is 0 Å². The molecule has 6 nitrogen and oxygen atoms in total. The van der Waals surface area contributed by atoms with Crippen molar-refractivity contribution in [2.75, 3.05) is 18.0 Å². The summed E-state index contributed by atoms with van der Waals surface area (Å²) in [5.41, 5.74) is 2.29. The summed E-state index contributed by atoms with van der Waals surface area (Å²) in [6, 6.07) is 9.13. The maximum Gasteiger partial charge on any atom is 0.267 e. The van der Waals surface area contributed by atoms with Crippen LogP contribution in [0.4, 0.5) is 5.69 Å². The Hall–Kier alpha value is -3.02. The molecule has 2 aromatic heterocycles. The lowest BCUT2D eigenvalue weighted by Crippen LogP contribution is -2.29. The van der Waals surface area contributed by atoms with Crippen LogP contribution in [0.25, 0.3) is 16.7 Å². The van der Waals surface area contributed by atoms with Crippen LogP contribution in [0.5, 0.6) is 0 Å². The number of carbonyl (C=O) groups excluding carboxylic acids is 1. The van der Waals surface area contributed by atoms with E-state index >= 15 is 0 Å². The van der Waals surface area contributed by atoms with Crippen LogP contribution in [-0.2, 0) is 0 Å².